The summed E-state index contributed by atoms with van der Waals surface area (Å²) in [4.78, 5) is 27.7. The lowest BCUT2D eigenvalue weighted by Gasteiger charge is -2.22. The van der Waals surface area contributed by atoms with Crippen LogP contribution >= 0.6 is 0 Å². The Hall–Kier alpha value is -2.28. The number of ether oxygens (including phenoxy) is 3. The van der Waals surface area contributed by atoms with Gasteiger partial charge in [0.1, 0.15) is 6.61 Å². The maximum absolute atomic E-state index is 12.4. The molecule has 0 saturated carbocycles. The first-order valence-corrected chi connectivity index (χ1v) is 7.96. The fourth-order valence-electron chi connectivity index (χ4n) is 2.60. The van der Waals surface area contributed by atoms with E-state index in [1.54, 1.807) is 29.0 Å². The summed E-state index contributed by atoms with van der Waals surface area (Å²) in [6.07, 6.45) is 0.746. The van der Waals surface area contributed by atoms with Crippen LogP contribution in [0.2, 0.25) is 0 Å². The largest absolute Gasteiger partial charge is 0.493 e. The van der Waals surface area contributed by atoms with Crippen LogP contribution in [0.15, 0.2) is 24.3 Å². The van der Waals surface area contributed by atoms with E-state index in [1.807, 2.05) is 12.1 Å². The highest BCUT2D eigenvalue weighted by Crippen LogP contribution is 2.25. The van der Waals surface area contributed by atoms with Crippen molar-refractivity contribution in [2.45, 2.75) is 6.42 Å². The van der Waals surface area contributed by atoms with Gasteiger partial charge in [-0.2, -0.15) is 0 Å². The molecule has 2 rings (SSSR count). The van der Waals surface area contributed by atoms with Crippen molar-refractivity contribution in [3.8, 4) is 11.5 Å². The van der Waals surface area contributed by atoms with E-state index in [-0.39, 0.29) is 25.0 Å². The number of amides is 2. The number of hydrogen-bond donors (Lipinski definition) is 0. The highest BCUT2D eigenvalue weighted by Gasteiger charge is 2.22. The van der Waals surface area contributed by atoms with Gasteiger partial charge in [-0.25, -0.2) is 0 Å². The number of rotatable bonds is 6. The van der Waals surface area contributed by atoms with Crippen LogP contribution in [0.4, 0.5) is 0 Å². The van der Waals surface area contributed by atoms with E-state index in [9.17, 15) is 9.59 Å². The Morgan fingerprint density at radius 2 is 1.50 bits per heavy atom. The molecule has 1 heterocycles. The summed E-state index contributed by atoms with van der Waals surface area (Å²) >= 11 is 0. The average Bonchev–Trinajstić information content (AvgIpc) is 2.86. The van der Waals surface area contributed by atoms with Crippen LogP contribution in [-0.2, 0) is 14.3 Å². The van der Waals surface area contributed by atoms with Gasteiger partial charge in [0.15, 0.2) is 18.1 Å². The first-order chi connectivity index (χ1) is 11.7. The molecule has 24 heavy (non-hydrogen) atoms. The lowest BCUT2D eigenvalue weighted by atomic mass is 10.3. The van der Waals surface area contributed by atoms with E-state index in [4.69, 9.17) is 14.2 Å². The molecular formula is C17H24N2O5. The number of para-hydroxylation sites is 2. The van der Waals surface area contributed by atoms with Crippen LogP contribution in [0, 0.1) is 0 Å². The second kappa shape index (κ2) is 9.12. The first-order valence-electron chi connectivity index (χ1n) is 7.96. The highest BCUT2D eigenvalue weighted by molar-refractivity contribution is 5.79. The monoisotopic (exact) mass is 336 g/mol. The molecule has 1 saturated heterocycles. The molecule has 0 radical (unpaired) electrons. The molecule has 0 bridgehead atoms. The van der Waals surface area contributed by atoms with Gasteiger partial charge < -0.3 is 24.0 Å². The van der Waals surface area contributed by atoms with Gasteiger partial charge in [-0.1, -0.05) is 12.1 Å². The number of carbonyl (C=O) groups is 2. The summed E-state index contributed by atoms with van der Waals surface area (Å²) in [5, 5.41) is 0. The molecule has 1 aliphatic rings. The fraction of sp³-hybridized carbons (Fsp3) is 0.529. The zero-order valence-electron chi connectivity index (χ0n) is 14.2. The number of nitrogens with zero attached hydrogens (tertiary/aromatic N) is 2. The minimum Gasteiger partial charge on any atom is -0.493 e. The topological polar surface area (TPSA) is 68.3 Å². The van der Waals surface area contributed by atoms with Crippen LogP contribution in [0.25, 0.3) is 0 Å². The summed E-state index contributed by atoms with van der Waals surface area (Å²) in [5.74, 6) is 0.997. The Morgan fingerprint density at radius 1 is 0.917 bits per heavy atom. The van der Waals surface area contributed by atoms with E-state index >= 15 is 0 Å². The van der Waals surface area contributed by atoms with Gasteiger partial charge in [0.05, 0.1) is 7.11 Å². The number of benzene rings is 1. The standard InChI is InChI=1S/C17H24N2O5/c1-22-12-16(20)18-8-5-9-19(11-10-18)17(21)13-24-15-7-4-3-6-14(15)23-2/h3-4,6-7H,5,8-13H2,1-2H3. The van der Waals surface area contributed by atoms with Gasteiger partial charge in [-0.15, -0.1) is 0 Å². The molecule has 1 aliphatic heterocycles. The van der Waals surface area contributed by atoms with Gasteiger partial charge >= 0.3 is 0 Å². The molecule has 0 unspecified atom stereocenters. The molecule has 1 aromatic carbocycles. The third kappa shape index (κ3) is 4.86. The maximum atomic E-state index is 12.4. The maximum Gasteiger partial charge on any atom is 0.260 e. The van der Waals surface area contributed by atoms with Crippen LogP contribution in [0.3, 0.4) is 0 Å². The second-order valence-corrected chi connectivity index (χ2v) is 5.49. The molecule has 0 aliphatic carbocycles. The summed E-state index contributed by atoms with van der Waals surface area (Å²) in [7, 11) is 3.06. The number of methoxy groups -OCH3 is 2. The summed E-state index contributed by atoms with van der Waals surface area (Å²) in [6, 6.07) is 7.21. The van der Waals surface area contributed by atoms with E-state index in [1.165, 1.54) is 7.11 Å². The SMILES string of the molecule is COCC(=O)N1CCCN(C(=O)COc2ccccc2OC)CC1. The molecular weight excluding hydrogens is 312 g/mol. The number of hydrogen-bond acceptors (Lipinski definition) is 5. The summed E-state index contributed by atoms with van der Waals surface area (Å²) in [6.45, 7) is 2.30. The summed E-state index contributed by atoms with van der Waals surface area (Å²) in [5.41, 5.74) is 0. The third-order valence-corrected chi connectivity index (χ3v) is 3.89. The molecule has 1 fully saturated rings. The van der Waals surface area contributed by atoms with Crippen LogP contribution < -0.4 is 9.47 Å². The minimum atomic E-state index is -0.0954. The Bertz CT molecular complexity index is 564. The zero-order chi connectivity index (χ0) is 17.4. The Balaban J connectivity index is 1.85. The predicted molar refractivity (Wildman–Crippen MR) is 88.1 cm³/mol. The zero-order valence-corrected chi connectivity index (χ0v) is 14.2. The Kier molecular flexibility index (Phi) is 6.87. The minimum absolute atomic E-state index is 0.0444. The molecule has 0 N–H and O–H groups in total. The lowest BCUT2D eigenvalue weighted by molar-refractivity contribution is -0.136. The van der Waals surface area contributed by atoms with Gasteiger partial charge in [0, 0.05) is 33.3 Å². The smallest absolute Gasteiger partial charge is 0.260 e. The van der Waals surface area contributed by atoms with E-state index in [0.717, 1.165) is 6.42 Å². The first kappa shape index (κ1) is 18.1. The second-order valence-electron chi connectivity index (χ2n) is 5.49. The molecule has 7 nitrogen and oxygen atoms in total. The van der Waals surface area contributed by atoms with Crippen molar-refractivity contribution in [3.63, 3.8) is 0 Å². The molecule has 0 spiro atoms. The Labute approximate surface area is 142 Å². The van der Waals surface area contributed by atoms with Crippen molar-refractivity contribution in [3.05, 3.63) is 24.3 Å². The molecule has 0 aromatic heterocycles. The van der Waals surface area contributed by atoms with Crippen molar-refractivity contribution in [2.75, 3.05) is 53.6 Å². The van der Waals surface area contributed by atoms with Crippen LogP contribution in [-0.4, -0.2) is 75.2 Å². The highest BCUT2D eigenvalue weighted by atomic mass is 16.5. The van der Waals surface area contributed by atoms with Crippen LogP contribution in [0.1, 0.15) is 6.42 Å². The van der Waals surface area contributed by atoms with Crippen molar-refractivity contribution in [1.29, 1.82) is 0 Å². The fourth-order valence-corrected chi connectivity index (χ4v) is 2.60. The molecule has 7 heteroatoms. The molecule has 1 aromatic rings. The van der Waals surface area contributed by atoms with E-state index in [2.05, 4.69) is 0 Å². The summed E-state index contributed by atoms with van der Waals surface area (Å²) < 4.78 is 15.7. The third-order valence-electron chi connectivity index (χ3n) is 3.89. The number of carbonyl (C=O) groups excluding carboxylic acids is 2. The molecule has 2 amide bonds. The van der Waals surface area contributed by atoms with Crippen LogP contribution in [0.5, 0.6) is 11.5 Å². The van der Waals surface area contributed by atoms with Crippen molar-refractivity contribution < 1.29 is 23.8 Å². The molecule has 0 atom stereocenters. The van der Waals surface area contributed by atoms with Gasteiger partial charge in [0.25, 0.3) is 5.91 Å². The molecule has 132 valence electrons. The predicted octanol–water partition coefficient (Wildman–Crippen LogP) is 0.781. The van der Waals surface area contributed by atoms with Crippen molar-refractivity contribution >= 4 is 11.8 Å². The Morgan fingerprint density at radius 3 is 2.08 bits per heavy atom. The van der Waals surface area contributed by atoms with E-state index < -0.39 is 0 Å². The van der Waals surface area contributed by atoms with Gasteiger partial charge in [-0.3, -0.25) is 9.59 Å². The van der Waals surface area contributed by atoms with Gasteiger partial charge in [0.2, 0.25) is 5.91 Å². The van der Waals surface area contributed by atoms with Crippen molar-refractivity contribution in [2.24, 2.45) is 0 Å². The normalized spacial score (nSPS) is 14.9. The lowest BCUT2D eigenvalue weighted by Crippen LogP contribution is -2.40. The van der Waals surface area contributed by atoms with Crippen molar-refractivity contribution in [1.82, 2.24) is 9.80 Å². The van der Waals surface area contributed by atoms with Gasteiger partial charge in [-0.05, 0) is 18.6 Å². The average molecular weight is 336 g/mol. The quantitative estimate of drug-likeness (QED) is 0.768. The van der Waals surface area contributed by atoms with E-state index in [0.29, 0.717) is 37.7 Å².